The Morgan fingerprint density at radius 2 is 1.80 bits per heavy atom. The molecule has 1 nitrogen and oxygen atoms in total. The first-order valence-electron chi connectivity index (χ1n) is 5.69. The summed E-state index contributed by atoms with van der Waals surface area (Å²) in [5.74, 6) is 0. The second kappa shape index (κ2) is 6.28. The molecule has 1 N–H and O–H groups in total. The van der Waals surface area contributed by atoms with E-state index in [4.69, 9.17) is 0 Å². The molecule has 0 bridgehead atoms. The molecular weight excluding hydrogens is 182 g/mol. The number of aryl methyl sites for hydroxylation is 1. The second-order valence-electron chi connectivity index (χ2n) is 4.05. The zero-order valence-corrected chi connectivity index (χ0v) is 9.84. The van der Waals surface area contributed by atoms with Crippen molar-refractivity contribution in [1.82, 2.24) is 5.32 Å². The summed E-state index contributed by atoms with van der Waals surface area (Å²) in [5.41, 5.74) is 3.78. The van der Waals surface area contributed by atoms with Gasteiger partial charge in [0.2, 0.25) is 0 Å². The van der Waals surface area contributed by atoms with Gasteiger partial charge in [-0.3, -0.25) is 0 Å². The molecule has 0 unspecified atom stereocenters. The summed E-state index contributed by atoms with van der Waals surface area (Å²) < 4.78 is 0. The lowest BCUT2D eigenvalue weighted by Crippen LogP contribution is -2.09. The smallest absolute Gasteiger partial charge is 0.0397 e. The molecule has 1 heteroatoms. The Labute approximate surface area is 93.2 Å². The fraction of sp³-hybridized carbons (Fsp3) is 0.429. The molecule has 0 spiro atoms. The van der Waals surface area contributed by atoms with Crippen LogP contribution < -0.4 is 5.32 Å². The Hall–Kier alpha value is -1.24. The van der Waals surface area contributed by atoms with Gasteiger partial charge in [-0.05, 0) is 30.9 Å². The van der Waals surface area contributed by atoms with Crippen LogP contribution in [-0.2, 0) is 13.0 Å². The van der Waals surface area contributed by atoms with Crippen molar-refractivity contribution in [2.45, 2.75) is 39.7 Å². The van der Waals surface area contributed by atoms with E-state index in [2.05, 4.69) is 43.1 Å². The molecule has 0 aliphatic heterocycles. The zero-order chi connectivity index (χ0) is 11.1. The Morgan fingerprint density at radius 3 is 2.33 bits per heavy atom. The van der Waals surface area contributed by atoms with Gasteiger partial charge in [-0.1, -0.05) is 44.2 Å². The summed E-state index contributed by atoms with van der Waals surface area (Å²) in [4.78, 5) is 0. The summed E-state index contributed by atoms with van der Waals surface area (Å²) in [6.45, 7) is 8.90. The predicted molar refractivity (Wildman–Crippen MR) is 66.7 cm³/mol. The highest BCUT2D eigenvalue weighted by Crippen LogP contribution is 2.08. The van der Waals surface area contributed by atoms with Crippen molar-refractivity contribution in [3.05, 3.63) is 47.7 Å². The lowest BCUT2D eigenvalue weighted by Gasteiger charge is -2.06. The van der Waals surface area contributed by atoms with Gasteiger partial charge in [-0.15, -0.1) is 0 Å². The van der Waals surface area contributed by atoms with Crippen molar-refractivity contribution in [1.29, 1.82) is 0 Å². The zero-order valence-electron chi connectivity index (χ0n) is 9.84. The maximum atomic E-state index is 3.82. The minimum Gasteiger partial charge on any atom is -0.385 e. The van der Waals surface area contributed by atoms with Gasteiger partial charge >= 0.3 is 0 Å². The third-order valence-electron chi connectivity index (χ3n) is 2.44. The fourth-order valence-corrected chi connectivity index (χ4v) is 1.46. The molecule has 0 fully saturated rings. The third-order valence-corrected chi connectivity index (χ3v) is 2.44. The Balaban J connectivity index is 2.45. The molecular formula is C14H21N. The minimum atomic E-state index is 0.878. The van der Waals surface area contributed by atoms with Gasteiger partial charge < -0.3 is 5.32 Å². The predicted octanol–water partition coefficient (Wildman–Crippen LogP) is 3.65. The van der Waals surface area contributed by atoms with Crippen LogP contribution >= 0.6 is 0 Å². The number of rotatable bonds is 6. The summed E-state index contributed by atoms with van der Waals surface area (Å²) >= 11 is 0. The van der Waals surface area contributed by atoms with E-state index in [-0.39, 0.29) is 0 Å². The molecule has 0 aliphatic rings. The number of nitrogens with one attached hydrogen (secondary N) is 1. The molecule has 15 heavy (non-hydrogen) atoms. The molecule has 1 aromatic rings. The van der Waals surface area contributed by atoms with Crippen LogP contribution in [0.2, 0.25) is 0 Å². The van der Waals surface area contributed by atoms with Gasteiger partial charge in [-0.25, -0.2) is 0 Å². The standard InChI is InChI=1S/C14H21N/c1-4-5-6-13-7-9-14(10-8-13)11-15-12(2)3/h7-10,15H,2,4-6,11H2,1,3H3. The maximum Gasteiger partial charge on any atom is 0.0397 e. The van der Waals surface area contributed by atoms with Gasteiger partial charge in [0.15, 0.2) is 0 Å². The van der Waals surface area contributed by atoms with Gasteiger partial charge in [-0.2, -0.15) is 0 Å². The van der Waals surface area contributed by atoms with Crippen molar-refractivity contribution in [2.24, 2.45) is 0 Å². The first-order chi connectivity index (χ1) is 7.22. The minimum absolute atomic E-state index is 0.878. The largest absolute Gasteiger partial charge is 0.385 e. The molecule has 82 valence electrons. The molecule has 0 aromatic heterocycles. The average molecular weight is 203 g/mol. The monoisotopic (exact) mass is 203 g/mol. The molecule has 1 aromatic carbocycles. The maximum absolute atomic E-state index is 3.82. The summed E-state index contributed by atoms with van der Waals surface area (Å²) in [5, 5.41) is 3.23. The summed E-state index contributed by atoms with van der Waals surface area (Å²) in [6, 6.07) is 8.85. The Morgan fingerprint density at radius 1 is 1.20 bits per heavy atom. The number of hydrogen-bond acceptors (Lipinski definition) is 1. The SMILES string of the molecule is C=C(C)NCc1ccc(CCCC)cc1. The van der Waals surface area contributed by atoms with E-state index in [1.54, 1.807) is 0 Å². The third kappa shape index (κ3) is 4.68. The molecule has 0 heterocycles. The van der Waals surface area contributed by atoms with Crippen LogP contribution in [0.15, 0.2) is 36.5 Å². The highest BCUT2D eigenvalue weighted by atomic mass is 14.9. The van der Waals surface area contributed by atoms with Crippen LogP contribution in [0, 0.1) is 0 Å². The number of benzene rings is 1. The lowest BCUT2D eigenvalue weighted by molar-refractivity contribution is 0.790. The topological polar surface area (TPSA) is 12.0 Å². The van der Waals surface area contributed by atoms with Crippen molar-refractivity contribution >= 4 is 0 Å². The highest BCUT2D eigenvalue weighted by molar-refractivity contribution is 5.22. The van der Waals surface area contributed by atoms with E-state index in [0.29, 0.717) is 0 Å². The lowest BCUT2D eigenvalue weighted by atomic mass is 10.1. The molecule has 0 radical (unpaired) electrons. The van der Waals surface area contributed by atoms with Crippen LogP contribution in [0.3, 0.4) is 0 Å². The van der Waals surface area contributed by atoms with Crippen molar-refractivity contribution in [2.75, 3.05) is 0 Å². The highest BCUT2D eigenvalue weighted by Gasteiger charge is 1.94. The second-order valence-corrected chi connectivity index (χ2v) is 4.05. The fourth-order valence-electron chi connectivity index (χ4n) is 1.46. The van der Waals surface area contributed by atoms with E-state index in [9.17, 15) is 0 Å². The molecule has 0 aliphatic carbocycles. The van der Waals surface area contributed by atoms with Crippen molar-refractivity contribution in [3.8, 4) is 0 Å². The number of allylic oxidation sites excluding steroid dienone is 1. The van der Waals surface area contributed by atoms with Crippen molar-refractivity contribution < 1.29 is 0 Å². The van der Waals surface area contributed by atoms with Crippen LogP contribution in [0.4, 0.5) is 0 Å². The van der Waals surface area contributed by atoms with E-state index < -0.39 is 0 Å². The summed E-state index contributed by atoms with van der Waals surface area (Å²) in [7, 11) is 0. The van der Waals surface area contributed by atoms with E-state index in [1.165, 1.54) is 30.4 Å². The number of hydrogen-bond donors (Lipinski definition) is 1. The average Bonchev–Trinajstić information content (AvgIpc) is 2.25. The first-order valence-corrected chi connectivity index (χ1v) is 5.69. The van der Waals surface area contributed by atoms with Gasteiger partial charge in [0.1, 0.15) is 0 Å². The molecule has 0 saturated carbocycles. The Bertz CT molecular complexity index is 298. The van der Waals surface area contributed by atoms with Crippen LogP contribution in [0.1, 0.15) is 37.8 Å². The molecule has 0 saturated heterocycles. The molecule has 0 amide bonds. The quantitative estimate of drug-likeness (QED) is 0.744. The van der Waals surface area contributed by atoms with Crippen LogP contribution in [0.5, 0.6) is 0 Å². The van der Waals surface area contributed by atoms with E-state index >= 15 is 0 Å². The van der Waals surface area contributed by atoms with Crippen molar-refractivity contribution in [3.63, 3.8) is 0 Å². The van der Waals surface area contributed by atoms with Gasteiger partial charge in [0, 0.05) is 12.2 Å². The van der Waals surface area contributed by atoms with Crippen LogP contribution in [-0.4, -0.2) is 0 Å². The Kier molecular flexibility index (Phi) is 4.96. The van der Waals surface area contributed by atoms with Gasteiger partial charge in [0.05, 0.1) is 0 Å². The van der Waals surface area contributed by atoms with Gasteiger partial charge in [0.25, 0.3) is 0 Å². The normalized spacial score (nSPS) is 10.0. The summed E-state index contributed by atoms with van der Waals surface area (Å²) in [6.07, 6.45) is 3.74. The number of unbranched alkanes of at least 4 members (excludes halogenated alkanes) is 1. The van der Waals surface area contributed by atoms with E-state index in [0.717, 1.165) is 12.2 Å². The van der Waals surface area contributed by atoms with E-state index in [1.807, 2.05) is 6.92 Å². The molecule has 1 rings (SSSR count). The van der Waals surface area contributed by atoms with Crippen LogP contribution in [0.25, 0.3) is 0 Å². The molecule has 0 atom stereocenters. The first kappa shape index (κ1) is 11.8.